The largest absolute Gasteiger partial charge is 0.416 e. The van der Waals surface area contributed by atoms with Gasteiger partial charge in [-0.1, -0.05) is 0 Å². The van der Waals surface area contributed by atoms with E-state index in [9.17, 15) is 22.8 Å². The molecule has 0 saturated carbocycles. The minimum atomic E-state index is -4.46. The number of carbonyl (C=O) groups is 2. The molecule has 1 N–H and O–H groups in total. The van der Waals surface area contributed by atoms with Gasteiger partial charge in [-0.15, -0.1) is 0 Å². The summed E-state index contributed by atoms with van der Waals surface area (Å²) < 4.78 is 37.6. The van der Waals surface area contributed by atoms with Crippen LogP contribution in [0.3, 0.4) is 0 Å². The quantitative estimate of drug-likeness (QED) is 0.805. The number of nitrogens with one attached hydrogen (secondary N) is 1. The molecule has 7 nitrogen and oxygen atoms in total. The van der Waals surface area contributed by atoms with Gasteiger partial charge in [0.05, 0.1) is 5.56 Å². The lowest BCUT2D eigenvalue weighted by atomic mass is 10.2. The first-order chi connectivity index (χ1) is 12.8. The molecule has 0 aliphatic carbocycles. The van der Waals surface area contributed by atoms with Gasteiger partial charge >= 0.3 is 18.0 Å². The van der Waals surface area contributed by atoms with Crippen LogP contribution in [0.15, 0.2) is 42.7 Å². The van der Waals surface area contributed by atoms with Crippen molar-refractivity contribution in [2.24, 2.45) is 0 Å². The third kappa shape index (κ3) is 4.52. The standard InChI is InChI=1S/C17H16F3N5O2/c18-17(19,20)12-2-4-13(5-3-12)23-14(26)15(27)24-8-10-25(11-9-24)16-21-6-1-7-22-16/h1-7H,8-11H2,(H,23,26). The first kappa shape index (κ1) is 18.6. The molecule has 1 aromatic carbocycles. The Bertz CT molecular complexity index is 804. The monoisotopic (exact) mass is 379 g/mol. The normalized spacial score (nSPS) is 14.8. The highest BCUT2D eigenvalue weighted by Gasteiger charge is 2.30. The van der Waals surface area contributed by atoms with Crippen LogP contribution in [0.1, 0.15) is 5.56 Å². The fourth-order valence-electron chi connectivity index (χ4n) is 2.63. The number of anilines is 2. The van der Waals surface area contributed by atoms with Crippen molar-refractivity contribution < 1.29 is 22.8 Å². The molecule has 0 unspecified atom stereocenters. The number of hydrogen-bond donors (Lipinski definition) is 1. The van der Waals surface area contributed by atoms with E-state index in [2.05, 4.69) is 15.3 Å². The Kier molecular flexibility index (Phi) is 5.24. The average Bonchev–Trinajstić information content (AvgIpc) is 2.68. The van der Waals surface area contributed by atoms with E-state index in [4.69, 9.17) is 0 Å². The van der Waals surface area contributed by atoms with Crippen LogP contribution in [-0.4, -0.2) is 52.9 Å². The lowest BCUT2D eigenvalue weighted by Crippen LogP contribution is -2.52. The summed E-state index contributed by atoms with van der Waals surface area (Å²) in [6.45, 7) is 1.58. The van der Waals surface area contributed by atoms with Gasteiger partial charge in [0.15, 0.2) is 0 Å². The number of carbonyl (C=O) groups excluding carboxylic acids is 2. The highest BCUT2D eigenvalue weighted by atomic mass is 19.4. The van der Waals surface area contributed by atoms with E-state index >= 15 is 0 Å². The van der Waals surface area contributed by atoms with Crippen LogP contribution in [0.5, 0.6) is 0 Å². The predicted molar refractivity (Wildman–Crippen MR) is 90.9 cm³/mol. The fourth-order valence-corrected chi connectivity index (χ4v) is 2.63. The summed E-state index contributed by atoms with van der Waals surface area (Å²) in [7, 11) is 0. The Hall–Kier alpha value is -3.17. The SMILES string of the molecule is O=C(Nc1ccc(C(F)(F)F)cc1)C(=O)N1CCN(c2ncccn2)CC1. The number of rotatable bonds is 2. The number of amides is 2. The average molecular weight is 379 g/mol. The van der Waals surface area contributed by atoms with E-state index in [0.29, 0.717) is 32.1 Å². The van der Waals surface area contributed by atoms with Gasteiger partial charge in [0.25, 0.3) is 0 Å². The van der Waals surface area contributed by atoms with Gasteiger partial charge in [-0.3, -0.25) is 9.59 Å². The minimum Gasteiger partial charge on any atom is -0.337 e. The number of aromatic nitrogens is 2. The molecule has 1 aliphatic heterocycles. The second-order valence-electron chi connectivity index (χ2n) is 5.86. The van der Waals surface area contributed by atoms with Crippen LogP contribution in [0, 0.1) is 0 Å². The zero-order valence-corrected chi connectivity index (χ0v) is 14.1. The van der Waals surface area contributed by atoms with Gasteiger partial charge < -0.3 is 15.1 Å². The molecule has 2 amide bonds. The van der Waals surface area contributed by atoms with E-state index in [1.54, 1.807) is 18.5 Å². The number of hydrogen-bond acceptors (Lipinski definition) is 5. The van der Waals surface area contributed by atoms with Crippen LogP contribution in [0.25, 0.3) is 0 Å². The molecular weight excluding hydrogens is 363 g/mol. The molecule has 1 fully saturated rings. The Morgan fingerprint density at radius 3 is 2.11 bits per heavy atom. The van der Waals surface area contributed by atoms with Gasteiger partial charge in [-0.25, -0.2) is 9.97 Å². The van der Waals surface area contributed by atoms with Crippen molar-refractivity contribution in [1.29, 1.82) is 0 Å². The molecule has 1 saturated heterocycles. The van der Waals surface area contributed by atoms with E-state index in [0.717, 1.165) is 24.3 Å². The van der Waals surface area contributed by atoms with Crippen LogP contribution in [0.2, 0.25) is 0 Å². The maximum Gasteiger partial charge on any atom is 0.416 e. The molecule has 2 heterocycles. The second kappa shape index (κ2) is 7.60. The Labute approximate surface area is 152 Å². The molecule has 0 radical (unpaired) electrons. The molecule has 0 atom stereocenters. The third-order valence-electron chi connectivity index (χ3n) is 4.07. The summed E-state index contributed by atoms with van der Waals surface area (Å²) in [5.74, 6) is -1.07. The van der Waals surface area contributed by atoms with E-state index in [1.165, 1.54) is 4.90 Å². The minimum absolute atomic E-state index is 0.123. The first-order valence-electron chi connectivity index (χ1n) is 8.14. The first-order valence-corrected chi connectivity index (χ1v) is 8.14. The predicted octanol–water partition coefficient (Wildman–Crippen LogP) is 1.78. The fraction of sp³-hybridized carbons (Fsp3) is 0.294. The molecule has 27 heavy (non-hydrogen) atoms. The van der Waals surface area contributed by atoms with E-state index in [1.807, 2.05) is 4.90 Å². The molecule has 1 aromatic heterocycles. The maximum absolute atomic E-state index is 12.5. The number of halogens is 3. The lowest BCUT2D eigenvalue weighted by molar-refractivity contribution is -0.143. The van der Waals surface area contributed by atoms with Crippen molar-refractivity contribution in [3.05, 3.63) is 48.3 Å². The molecule has 2 aromatic rings. The lowest BCUT2D eigenvalue weighted by Gasteiger charge is -2.34. The van der Waals surface area contributed by atoms with Crippen LogP contribution in [0.4, 0.5) is 24.8 Å². The van der Waals surface area contributed by atoms with Gasteiger partial charge in [0.2, 0.25) is 5.95 Å². The van der Waals surface area contributed by atoms with Crippen molar-refractivity contribution in [3.8, 4) is 0 Å². The van der Waals surface area contributed by atoms with Crippen molar-refractivity contribution in [1.82, 2.24) is 14.9 Å². The molecule has 0 spiro atoms. The van der Waals surface area contributed by atoms with Crippen LogP contribution < -0.4 is 10.2 Å². The van der Waals surface area contributed by atoms with Gasteiger partial charge in [0.1, 0.15) is 0 Å². The topological polar surface area (TPSA) is 78.4 Å². The molecule has 3 rings (SSSR count). The highest BCUT2D eigenvalue weighted by Crippen LogP contribution is 2.29. The van der Waals surface area contributed by atoms with Crippen LogP contribution in [-0.2, 0) is 15.8 Å². The number of alkyl halides is 3. The number of nitrogens with zero attached hydrogens (tertiary/aromatic N) is 4. The van der Waals surface area contributed by atoms with E-state index < -0.39 is 23.6 Å². The Morgan fingerprint density at radius 2 is 1.56 bits per heavy atom. The third-order valence-corrected chi connectivity index (χ3v) is 4.07. The Balaban J connectivity index is 1.54. The molecular formula is C17H16F3N5O2. The summed E-state index contributed by atoms with van der Waals surface area (Å²) >= 11 is 0. The molecule has 0 bridgehead atoms. The zero-order chi connectivity index (χ0) is 19.4. The van der Waals surface area contributed by atoms with Gasteiger partial charge in [-0.2, -0.15) is 13.2 Å². The summed E-state index contributed by atoms with van der Waals surface area (Å²) in [6.07, 6.45) is -1.21. The highest BCUT2D eigenvalue weighted by molar-refractivity contribution is 6.39. The van der Waals surface area contributed by atoms with Gasteiger partial charge in [-0.05, 0) is 30.3 Å². The molecule has 10 heteroatoms. The van der Waals surface area contributed by atoms with Crippen molar-refractivity contribution in [2.45, 2.75) is 6.18 Å². The maximum atomic E-state index is 12.5. The summed E-state index contributed by atoms with van der Waals surface area (Å²) in [6, 6.07) is 5.61. The molecule has 1 aliphatic rings. The number of piperazine rings is 1. The van der Waals surface area contributed by atoms with Crippen LogP contribution >= 0.6 is 0 Å². The summed E-state index contributed by atoms with van der Waals surface area (Å²) in [5, 5.41) is 2.32. The Morgan fingerprint density at radius 1 is 0.963 bits per heavy atom. The zero-order valence-electron chi connectivity index (χ0n) is 14.1. The van der Waals surface area contributed by atoms with Crippen molar-refractivity contribution in [3.63, 3.8) is 0 Å². The van der Waals surface area contributed by atoms with E-state index in [-0.39, 0.29) is 5.69 Å². The summed E-state index contributed by atoms with van der Waals surface area (Å²) in [5.41, 5.74) is -0.705. The van der Waals surface area contributed by atoms with Crippen molar-refractivity contribution in [2.75, 3.05) is 36.4 Å². The summed E-state index contributed by atoms with van der Waals surface area (Å²) in [4.78, 5) is 35.9. The molecule has 142 valence electrons. The smallest absolute Gasteiger partial charge is 0.337 e. The second-order valence-corrected chi connectivity index (χ2v) is 5.86. The van der Waals surface area contributed by atoms with Gasteiger partial charge in [0, 0.05) is 44.3 Å². The number of benzene rings is 1. The van der Waals surface area contributed by atoms with Crippen molar-refractivity contribution >= 4 is 23.5 Å².